The van der Waals surface area contributed by atoms with Gasteiger partial charge in [-0.2, -0.15) is 0 Å². The van der Waals surface area contributed by atoms with Crippen molar-refractivity contribution in [1.29, 1.82) is 0 Å². The molecule has 0 unspecified atom stereocenters. The van der Waals surface area contributed by atoms with E-state index in [1.54, 1.807) is 7.11 Å². The molecule has 1 rings (SSSR count). The molecule has 0 aromatic heterocycles. The lowest BCUT2D eigenvalue weighted by Gasteiger charge is -2.11. The van der Waals surface area contributed by atoms with Crippen LogP contribution in [0.25, 0.3) is 0 Å². The van der Waals surface area contributed by atoms with Crippen molar-refractivity contribution in [2.75, 3.05) is 26.9 Å². The van der Waals surface area contributed by atoms with Crippen LogP contribution < -0.4 is 10.1 Å². The van der Waals surface area contributed by atoms with Gasteiger partial charge in [0.05, 0.1) is 13.7 Å². The van der Waals surface area contributed by atoms with Crippen LogP contribution in [0, 0.1) is 12.8 Å². The standard InChI is InChI=1S/C15H25NO2/c1-12(2)11-18-8-7-16-10-14-9-13(3)5-6-15(14)17-4/h5-6,9,12,16H,7-8,10-11H2,1-4H3. The van der Waals surface area contributed by atoms with Gasteiger partial charge in [0.2, 0.25) is 0 Å². The van der Waals surface area contributed by atoms with Gasteiger partial charge < -0.3 is 14.8 Å². The van der Waals surface area contributed by atoms with Crippen molar-refractivity contribution in [1.82, 2.24) is 5.32 Å². The third-order valence-electron chi connectivity index (χ3n) is 2.63. The zero-order chi connectivity index (χ0) is 13.4. The summed E-state index contributed by atoms with van der Waals surface area (Å²) in [7, 11) is 1.71. The molecule has 3 heteroatoms. The largest absolute Gasteiger partial charge is 0.496 e. The summed E-state index contributed by atoms with van der Waals surface area (Å²) in [5, 5.41) is 3.37. The molecule has 18 heavy (non-hydrogen) atoms. The van der Waals surface area contributed by atoms with E-state index in [0.717, 1.165) is 32.1 Å². The summed E-state index contributed by atoms with van der Waals surface area (Å²) in [6.07, 6.45) is 0. The second-order valence-electron chi connectivity index (χ2n) is 4.96. The molecule has 0 aliphatic heterocycles. The highest BCUT2D eigenvalue weighted by atomic mass is 16.5. The summed E-state index contributed by atoms with van der Waals surface area (Å²) < 4.78 is 10.9. The molecule has 3 nitrogen and oxygen atoms in total. The van der Waals surface area contributed by atoms with E-state index >= 15 is 0 Å². The third-order valence-corrected chi connectivity index (χ3v) is 2.63. The minimum atomic E-state index is 0.599. The Morgan fingerprint density at radius 3 is 2.72 bits per heavy atom. The van der Waals surface area contributed by atoms with E-state index in [2.05, 4.69) is 38.2 Å². The van der Waals surface area contributed by atoms with Crippen LogP contribution in [-0.2, 0) is 11.3 Å². The molecule has 0 aliphatic carbocycles. The van der Waals surface area contributed by atoms with Gasteiger partial charge in [-0.15, -0.1) is 0 Å². The Kier molecular flexibility index (Phi) is 6.76. The quantitative estimate of drug-likeness (QED) is 0.721. The number of hydrogen-bond donors (Lipinski definition) is 1. The average molecular weight is 251 g/mol. The molecule has 0 fully saturated rings. The first-order chi connectivity index (χ1) is 8.63. The lowest BCUT2D eigenvalue weighted by Crippen LogP contribution is -2.20. The van der Waals surface area contributed by atoms with Crippen LogP contribution in [-0.4, -0.2) is 26.9 Å². The minimum absolute atomic E-state index is 0.599. The van der Waals surface area contributed by atoms with Crippen molar-refractivity contribution in [3.63, 3.8) is 0 Å². The number of benzene rings is 1. The summed E-state index contributed by atoms with van der Waals surface area (Å²) in [6.45, 7) is 9.67. The molecule has 0 saturated heterocycles. The minimum Gasteiger partial charge on any atom is -0.496 e. The van der Waals surface area contributed by atoms with Crippen LogP contribution in [0.15, 0.2) is 18.2 Å². The highest BCUT2D eigenvalue weighted by Gasteiger charge is 2.02. The monoisotopic (exact) mass is 251 g/mol. The highest BCUT2D eigenvalue weighted by molar-refractivity contribution is 5.36. The second-order valence-corrected chi connectivity index (χ2v) is 4.96. The maximum atomic E-state index is 5.52. The predicted octanol–water partition coefficient (Wildman–Crippen LogP) is 2.77. The fourth-order valence-electron chi connectivity index (χ4n) is 1.73. The molecule has 0 spiro atoms. The van der Waals surface area contributed by atoms with E-state index in [1.807, 2.05) is 6.07 Å². The number of ether oxygens (including phenoxy) is 2. The Balaban J connectivity index is 2.28. The number of methoxy groups -OCH3 is 1. The molecular formula is C15H25NO2. The Morgan fingerprint density at radius 2 is 2.06 bits per heavy atom. The molecule has 1 aromatic rings. The van der Waals surface area contributed by atoms with Gasteiger partial charge in [-0.05, 0) is 18.9 Å². The number of nitrogens with one attached hydrogen (secondary N) is 1. The summed E-state index contributed by atoms with van der Waals surface area (Å²) >= 11 is 0. The Morgan fingerprint density at radius 1 is 1.28 bits per heavy atom. The van der Waals surface area contributed by atoms with E-state index in [1.165, 1.54) is 11.1 Å². The van der Waals surface area contributed by atoms with Crippen molar-refractivity contribution >= 4 is 0 Å². The Bertz CT molecular complexity index is 350. The van der Waals surface area contributed by atoms with Gasteiger partial charge in [0.25, 0.3) is 0 Å². The fraction of sp³-hybridized carbons (Fsp3) is 0.600. The zero-order valence-corrected chi connectivity index (χ0v) is 12.0. The smallest absolute Gasteiger partial charge is 0.123 e. The maximum absolute atomic E-state index is 5.52. The highest BCUT2D eigenvalue weighted by Crippen LogP contribution is 2.19. The molecule has 1 N–H and O–H groups in total. The fourth-order valence-corrected chi connectivity index (χ4v) is 1.73. The van der Waals surface area contributed by atoms with Crippen LogP contribution in [0.3, 0.4) is 0 Å². The first kappa shape index (κ1) is 15.0. The van der Waals surface area contributed by atoms with Gasteiger partial charge in [0.1, 0.15) is 5.75 Å². The van der Waals surface area contributed by atoms with Gasteiger partial charge in [0.15, 0.2) is 0 Å². The molecule has 0 saturated carbocycles. The molecule has 0 aliphatic rings. The molecule has 0 bridgehead atoms. The van der Waals surface area contributed by atoms with Gasteiger partial charge in [-0.25, -0.2) is 0 Å². The van der Waals surface area contributed by atoms with Gasteiger partial charge in [-0.1, -0.05) is 31.5 Å². The molecule has 0 amide bonds. The molecule has 102 valence electrons. The average Bonchev–Trinajstić information content (AvgIpc) is 2.33. The van der Waals surface area contributed by atoms with E-state index < -0.39 is 0 Å². The number of rotatable bonds is 8. The summed E-state index contributed by atoms with van der Waals surface area (Å²) in [5.74, 6) is 1.54. The number of hydrogen-bond acceptors (Lipinski definition) is 3. The summed E-state index contributed by atoms with van der Waals surface area (Å²) in [6, 6.07) is 6.23. The van der Waals surface area contributed by atoms with Crippen molar-refractivity contribution in [3.05, 3.63) is 29.3 Å². The maximum Gasteiger partial charge on any atom is 0.123 e. The van der Waals surface area contributed by atoms with E-state index in [4.69, 9.17) is 9.47 Å². The van der Waals surface area contributed by atoms with Crippen LogP contribution in [0.5, 0.6) is 5.75 Å². The van der Waals surface area contributed by atoms with Crippen molar-refractivity contribution in [2.24, 2.45) is 5.92 Å². The Labute approximate surface area is 110 Å². The van der Waals surface area contributed by atoms with Gasteiger partial charge >= 0.3 is 0 Å². The normalized spacial score (nSPS) is 10.9. The van der Waals surface area contributed by atoms with E-state index in [9.17, 15) is 0 Å². The van der Waals surface area contributed by atoms with Crippen molar-refractivity contribution < 1.29 is 9.47 Å². The first-order valence-electron chi connectivity index (χ1n) is 6.55. The van der Waals surface area contributed by atoms with Crippen molar-refractivity contribution in [2.45, 2.75) is 27.3 Å². The van der Waals surface area contributed by atoms with Crippen LogP contribution in [0.2, 0.25) is 0 Å². The Hall–Kier alpha value is -1.06. The lowest BCUT2D eigenvalue weighted by molar-refractivity contribution is 0.111. The summed E-state index contributed by atoms with van der Waals surface area (Å²) in [4.78, 5) is 0. The van der Waals surface area contributed by atoms with Gasteiger partial charge in [0, 0.05) is 25.3 Å². The number of aryl methyl sites for hydroxylation is 1. The van der Waals surface area contributed by atoms with Crippen LogP contribution in [0.4, 0.5) is 0 Å². The van der Waals surface area contributed by atoms with Crippen molar-refractivity contribution in [3.8, 4) is 5.75 Å². The topological polar surface area (TPSA) is 30.5 Å². The lowest BCUT2D eigenvalue weighted by atomic mass is 10.1. The zero-order valence-electron chi connectivity index (χ0n) is 12.0. The molecule has 0 atom stereocenters. The van der Waals surface area contributed by atoms with Crippen LogP contribution >= 0.6 is 0 Å². The third kappa shape index (κ3) is 5.52. The van der Waals surface area contributed by atoms with Crippen LogP contribution in [0.1, 0.15) is 25.0 Å². The summed E-state index contributed by atoms with van der Waals surface area (Å²) in [5.41, 5.74) is 2.45. The first-order valence-corrected chi connectivity index (χ1v) is 6.55. The molecule has 0 radical (unpaired) electrons. The van der Waals surface area contributed by atoms with E-state index in [0.29, 0.717) is 5.92 Å². The molecule has 1 aromatic carbocycles. The molecular weight excluding hydrogens is 226 g/mol. The van der Waals surface area contributed by atoms with Gasteiger partial charge in [-0.3, -0.25) is 0 Å². The second kappa shape index (κ2) is 8.11. The predicted molar refractivity (Wildman–Crippen MR) is 75.1 cm³/mol. The SMILES string of the molecule is COc1ccc(C)cc1CNCCOCC(C)C. The van der Waals surface area contributed by atoms with E-state index in [-0.39, 0.29) is 0 Å². The molecule has 0 heterocycles.